The molecule has 0 aliphatic heterocycles. The maximum atomic E-state index is 13.3. The molecule has 14 N–H and O–H groups in total. The Morgan fingerprint density at radius 2 is 1.24 bits per heavy atom. The summed E-state index contributed by atoms with van der Waals surface area (Å²) in [6, 6.07) is 3.64. The van der Waals surface area contributed by atoms with Gasteiger partial charge >= 0.3 is 5.97 Å². The van der Waals surface area contributed by atoms with Crippen molar-refractivity contribution in [2.75, 3.05) is 6.54 Å². The van der Waals surface area contributed by atoms with Crippen LogP contribution < -0.4 is 44.6 Å². The molecule has 0 spiro atoms. The zero-order valence-electron chi connectivity index (χ0n) is 22.6. The number of hydrogen-bond donors (Lipinski definition) is 9. The second kappa shape index (κ2) is 17.8. The molecule has 0 radical (unpaired) electrons. The summed E-state index contributed by atoms with van der Waals surface area (Å²) in [5.74, 6) is -5.41. The smallest absolute Gasteiger partial charge is 0.326 e. The van der Waals surface area contributed by atoms with Crippen LogP contribution in [0.4, 0.5) is 0 Å². The molecule has 1 aromatic carbocycles. The molecule has 0 bridgehead atoms. The van der Waals surface area contributed by atoms with E-state index in [0.29, 0.717) is 12.0 Å². The Morgan fingerprint density at radius 3 is 1.78 bits per heavy atom. The average molecular weight is 578 g/mol. The summed E-state index contributed by atoms with van der Waals surface area (Å²) in [6.07, 6.45) is -0.530. The quantitative estimate of drug-likeness (QED) is 0.0447. The number of hydrogen-bond acceptors (Lipinski definition) is 8. The summed E-state index contributed by atoms with van der Waals surface area (Å²) in [5, 5.41) is 16.7. The number of benzene rings is 1. The van der Waals surface area contributed by atoms with E-state index in [4.69, 9.17) is 28.7 Å². The van der Waals surface area contributed by atoms with Crippen molar-refractivity contribution in [2.24, 2.45) is 33.7 Å². The summed E-state index contributed by atoms with van der Waals surface area (Å²) in [4.78, 5) is 77.0. The molecule has 4 unspecified atom stereocenters. The summed E-state index contributed by atoms with van der Waals surface area (Å²) in [6.45, 7) is 0.255. The zero-order chi connectivity index (χ0) is 30.9. The van der Waals surface area contributed by atoms with Crippen molar-refractivity contribution in [3.63, 3.8) is 0 Å². The Hall–Kier alpha value is -4.73. The van der Waals surface area contributed by atoms with Gasteiger partial charge < -0.3 is 49.7 Å². The average Bonchev–Trinajstić information content (AvgIpc) is 2.90. The molecule has 4 atom stereocenters. The van der Waals surface area contributed by atoms with E-state index in [0.717, 1.165) is 0 Å². The SMILES string of the molecule is NC(=O)CCC(NC(=O)C(CCC(N)=O)NC(=O)C(Cc1ccccc1)NC(=O)C(N)CCCN=C(N)N)C(=O)O. The van der Waals surface area contributed by atoms with Gasteiger partial charge in [0.25, 0.3) is 0 Å². The number of nitrogens with one attached hydrogen (secondary N) is 3. The van der Waals surface area contributed by atoms with E-state index in [9.17, 15) is 33.9 Å². The summed E-state index contributed by atoms with van der Waals surface area (Å²) in [5.41, 5.74) is 27.5. The van der Waals surface area contributed by atoms with Crippen LogP contribution in [0.15, 0.2) is 35.3 Å². The number of amides is 5. The van der Waals surface area contributed by atoms with Crippen molar-refractivity contribution in [3.8, 4) is 0 Å². The van der Waals surface area contributed by atoms with Crippen molar-refractivity contribution < 1.29 is 33.9 Å². The van der Waals surface area contributed by atoms with E-state index in [1.165, 1.54) is 0 Å². The summed E-state index contributed by atoms with van der Waals surface area (Å²) >= 11 is 0. The van der Waals surface area contributed by atoms with Crippen LogP contribution in [0.3, 0.4) is 0 Å². The fourth-order valence-electron chi connectivity index (χ4n) is 3.63. The molecule has 0 fully saturated rings. The van der Waals surface area contributed by atoms with Crippen LogP contribution in [0.25, 0.3) is 0 Å². The molecule has 16 heteroatoms. The molecule has 1 rings (SSSR count). The largest absolute Gasteiger partial charge is 0.480 e. The molecule has 0 aromatic heterocycles. The molecule has 0 saturated carbocycles. The van der Waals surface area contributed by atoms with Crippen LogP contribution in [0, 0.1) is 0 Å². The number of aliphatic imine (C=N–C) groups is 1. The third kappa shape index (κ3) is 14.3. The van der Waals surface area contributed by atoms with Crippen LogP contribution in [-0.2, 0) is 35.2 Å². The lowest BCUT2D eigenvalue weighted by atomic mass is 10.0. The first-order chi connectivity index (χ1) is 19.3. The van der Waals surface area contributed by atoms with Gasteiger partial charge in [0.15, 0.2) is 5.96 Å². The van der Waals surface area contributed by atoms with Crippen molar-refractivity contribution in [1.29, 1.82) is 0 Å². The molecule has 0 aliphatic carbocycles. The number of guanidine groups is 1. The van der Waals surface area contributed by atoms with E-state index >= 15 is 0 Å². The predicted molar refractivity (Wildman–Crippen MR) is 148 cm³/mol. The highest BCUT2D eigenvalue weighted by molar-refractivity contribution is 5.94. The Balaban J connectivity index is 3.09. The van der Waals surface area contributed by atoms with Gasteiger partial charge in [0.2, 0.25) is 29.5 Å². The predicted octanol–water partition coefficient (Wildman–Crippen LogP) is -3.32. The number of rotatable bonds is 19. The molecule has 0 aliphatic rings. The number of primary amides is 2. The minimum absolute atomic E-state index is 0.0274. The molecule has 0 saturated heterocycles. The lowest BCUT2D eigenvalue weighted by Crippen LogP contribution is -2.57. The molecule has 0 heterocycles. The number of carbonyl (C=O) groups is 6. The van der Waals surface area contributed by atoms with Gasteiger partial charge in [0, 0.05) is 25.8 Å². The highest BCUT2D eigenvalue weighted by Crippen LogP contribution is 2.08. The molecular weight excluding hydrogens is 538 g/mol. The van der Waals surface area contributed by atoms with E-state index < -0.39 is 59.7 Å². The van der Waals surface area contributed by atoms with Crippen molar-refractivity contribution >= 4 is 41.5 Å². The minimum atomic E-state index is -1.49. The number of carboxylic acid groups (broad SMARTS) is 1. The third-order valence-corrected chi connectivity index (χ3v) is 5.83. The Morgan fingerprint density at radius 1 is 0.732 bits per heavy atom. The molecule has 226 valence electrons. The van der Waals surface area contributed by atoms with E-state index in [1.807, 2.05) is 0 Å². The first kappa shape index (κ1) is 34.3. The van der Waals surface area contributed by atoms with Gasteiger partial charge in [-0.25, -0.2) is 4.79 Å². The van der Waals surface area contributed by atoms with Crippen molar-refractivity contribution in [2.45, 2.75) is 69.1 Å². The Bertz CT molecular complexity index is 1090. The van der Waals surface area contributed by atoms with Crippen LogP contribution in [0.1, 0.15) is 44.1 Å². The minimum Gasteiger partial charge on any atom is -0.480 e. The fraction of sp³-hybridized carbons (Fsp3) is 0.480. The Kier molecular flexibility index (Phi) is 14.9. The first-order valence-corrected chi connectivity index (χ1v) is 12.9. The summed E-state index contributed by atoms with van der Waals surface area (Å²) < 4.78 is 0. The second-order valence-electron chi connectivity index (χ2n) is 9.28. The number of nitrogens with zero attached hydrogens (tertiary/aromatic N) is 1. The maximum Gasteiger partial charge on any atom is 0.326 e. The zero-order valence-corrected chi connectivity index (χ0v) is 22.6. The van der Waals surface area contributed by atoms with Gasteiger partial charge in [-0.15, -0.1) is 0 Å². The van der Waals surface area contributed by atoms with Crippen LogP contribution >= 0.6 is 0 Å². The van der Waals surface area contributed by atoms with Crippen molar-refractivity contribution in [3.05, 3.63) is 35.9 Å². The number of carboxylic acids is 1. The van der Waals surface area contributed by atoms with Crippen LogP contribution in [-0.4, -0.2) is 77.3 Å². The number of aliphatic carboxylic acids is 1. The molecule has 5 amide bonds. The molecule has 1 aromatic rings. The highest BCUT2D eigenvalue weighted by atomic mass is 16.4. The number of nitrogens with two attached hydrogens (primary N) is 5. The summed E-state index contributed by atoms with van der Waals surface area (Å²) in [7, 11) is 0. The van der Waals surface area contributed by atoms with E-state index in [2.05, 4.69) is 20.9 Å². The monoisotopic (exact) mass is 577 g/mol. The molecule has 16 nitrogen and oxygen atoms in total. The van der Waals surface area contributed by atoms with E-state index in [1.54, 1.807) is 30.3 Å². The fourth-order valence-corrected chi connectivity index (χ4v) is 3.63. The first-order valence-electron chi connectivity index (χ1n) is 12.9. The van der Waals surface area contributed by atoms with Gasteiger partial charge in [0.05, 0.1) is 6.04 Å². The van der Waals surface area contributed by atoms with Crippen LogP contribution in [0.2, 0.25) is 0 Å². The van der Waals surface area contributed by atoms with Crippen molar-refractivity contribution in [1.82, 2.24) is 16.0 Å². The van der Waals surface area contributed by atoms with Gasteiger partial charge in [0.1, 0.15) is 18.1 Å². The highest BCUT2D eigenvalue weighted by Gasteiger charge is 2.30. The standard InChI is InChI=1S/C25H39N9O7/c26-15(7-4-12-31-25(29)30)21(37)34-18(13-14-5-2-1-3-6-14)23(39)32-16(8-10-19(27)35)22(38)33-17(24(40)41)9-11-20(28)36/h1-3,5-6,15-18H,4,7-13,26H2,(H2,27,35)(H2,28,36)(H,32,39)(H,33,38)(H,34,37)(H,40,41)(H4,29,30,31). The lowest BCUT2D eigenvalue weighted by Gasteiger charge is -2.25. The van der Waals surface area contributed by atoms with Crippen LogP contribution in [0.5, 0.6) is 0 Å². The maximum absolute atomic E-state index is 13.3. The van der Waals surface area contributed by atoms with E-state index in [-0.39, 0.29) is 51.0 Å². The lowest BCUT2D eigenvalue weighted by molar-refractivity contribution is -0.142. The third-order valence-electron chi connectivity index (χ3n) is 5.83. The number of carbonyl (C=O) groups excluding carboxylic acids is 5. The normalized spacial score (nSPS) is 13.5. The topological polar surface area (TPSA) is 301 Å². The van der Waals surface area contributed by atoms with Gasteiger partial charge in [-0.3, -0.25) is 29.0 Å². The van der Waals surface area contributed by atoms with Gasteiger partial charge in [-0.1, -0.05) is 30.3 Å². The van der Waals surface area contributed by atoms with Gasteiger partial charge in [-0.2, -0.15) is 0 Å². The Labute approximate surface area is 236 Å². The molecule has 41 heavy (non-hydrogen) atoms. The molecular formula is C25H39N9O7. The van der Waals surface area contributed by atoms with Gasteiger partial charge in [-0.05, 0) is 31.2 Å². The second-order valence-corrected chi connectivity index (χ2v) is 9.28.